The van der Waals surface area contributed by atoms with Crippen LogP contribution in [0, 0.1) is 35.0 Å². The van der Waals surface area contributed by atoms with Gasteiger partial charge in [0.2, 0.25) is 0 Å². The Hall–Kier alpha value is -0.970. The van der Waals surface area contributed by atoms with Crippen molar-refractivity contribution in [2.24, 2.45) is 35.0 Å². The Morgan fingerprint density at radius 2 is 2.00 bits per heavy atom. The summed E-state index contributed by atoms with van der Waals surface area (Å²) >= 11 is 0. The molecule has 0 aromatic carbocycles. The summed E-state index contributed by atoms with van der Waals surface area (Å²) in [6.07, 6.45) is 10.8. The number of hydrogen-bond acceptors (Lipinski definition) is 4. The molecule has 2 aliphatic heterocycles. The molecule has 172 valence electrons. The standard InChI is InChI=1S/C27H41NO3/c1-16-11-25-26(28(30)14-16)17(2)5-7-21-22-8-6-19-12-20(29)9-10-27(19,4)24(22)13-23(21)18(3)15-31-25/h12,16-17,21-22,24-26,30H,5-11,13-15H2,1-4H3. The highest BCUT2D eigenvalue weighted by atomic mass is 16.5. The Morgan fingerprint density at radius 3 is 2.81 bits per heavy atom. The Labute approximate surface area is 188 Å². The van der Waals surface area contributed by atoms with Gasteiger partial charge in [0, 0.05) is 13.0 Å². The van der Waals surface area contributed by atoms with E-state index in [0.29, 0.717) is 36.1 Å². The van der Waals surface area contributed by atoms with E-state index in [-0.39, 0.29) is 17.6 Å². The van der Waals surface area contributed by atoms with Crippen LogP contribution in [0.1, 0.15) is 79.1 Å². The fourth-order valence-corrected chi connectivity index (χ4v) is 8.14. The second kappa shape index (κ2) is 8.11. The van der Waals surface area contributed by atoms with Crippen LogP contribution in [0.2, 0.25) is 0 Å². The van der Waals surface area contributed by atoms with Gasteiger partial charge in [-0.05, 0) is 98.5 Å². The number of carbonyl (C=O) groups excluding carboxylic acids is 1. The number of piperidine rings is 1. The second-order valence-electron chi connectivity index (χ2n) is 11.8. The van der Waals surface area contributed by atoms with Gasteiger partial charge in [0.1, 0.15) is 0 Å². The van der Waals surface area contributed by atoms with Gasteiger partial charge in [-0.1, -0.05) is 31.9 Å². The predicted octanol–water partition coefficient (Wildman–Crippen LogP) is 5.56. The maximum Gasteiger partial charge on any atom is 0.155 e. The van der Waals surface area contributed by atoms with Crippen LogP contribution in [0.5, 0.6) is 0 Å². The summed E-state index contributed by atoms with van der Waals surface area (Å²) in [4.78, 5) is 12.1. The van der Waals surface area contributed by atoms with Crippen molar-refractivity contribution in [1.82, 2.24) is 5.06 Å². The number of hydroxylamine groups is 2. The topological polar surface area (TPSA) is 49.8 Å². The van der Waals surface area contributed by atoms with Crippen molar-refractivity contribution in [1.29, 1.82) is 0 Å². The third-order valence-corrected chi connectivity index (χ3v) is 9.88. The molecule has 5 rings (SSSR count). The number of ether oxygens (including phenoxy) is 1. The number of hydrogen-bond donors (Lipinski definition) is 1. The molecule has 4 heteroatoms. The summed E-state index contributed by atoms with van der Waals surface area (Å²) in [6, 6.07) is 0.116. The second-order valence-corrected chi connectivity index (χ2v) is 11.8. The molecule has 8 unspecified atom stereocenters. The summed E-state index contributed by atoms with van der Waals surface area (Å²) in [6.45, 7) is 10.8. The first-order valence-electron chi connectivity index (χ1n) is 12.8. The van der Waals surface area contributed by atoms with Crippen LogP contribution < -0.4 is 0 Å². The quantitative estimate of drug-likeness (QED) is 0.514. The third-order valence-electron chi connectivity index (χ3n) is 9.88. The van der Waals surface area contributed by atoms with Gasteiger partial charge < -0.3 is 9.94 Å². The minimum absolute atomic E-state index is 0.116. The van der Waals surface area contributed by atoms with Gasteiger partial charge in [-0.3, -0.25) is 4.79 Å². The number of allylic oxidation sites excluding steroid dienone is 3. The number of rotatable bonds is 0. The molecular formula is C27H41NO3. The van der Waals surface area contributed by atoms with E-state index in [2.05, 4.69) is 27.7 Å². The lowest BCUT2D eigenvalue weighted by Gasteiger charge is -2.48. The highest BCUT2D eigenvalue weighted by Crippen LogP contribution is 2.62. The Kier molecular flexibility index (Phi) is 5.72. The van der Waals surface area contributed by atoms with E-state index in [1.54, 1.807) is 10.6 Å². The van der Waals surface area contributed by atoms with Crippen LogP contribution >= 0.6 is 0 Å². The fourth-order valence-electron chi connectivity index (χ4n) is 8.14. The zero-order valence-electron chi connectivity index (χ0n) is 19.9. The molecule has 0 amide bonds. The minimum atomic E-state index is 0.116. The van der Waals surface area contributed by atoms with Crippen molar-refractivity contribution in [3.63, 3.8) is 0 Å². The van der Waals surface area contributed by atoms with Crippen molar-refractivity contribution in [2.45, 2.75) is 91.2 Å². The summed E-state index contributed by atoms with van der Waals surface area (Å²) in [5, 5.41) is 12.4. The van der Waals surface area contributed by atoms with Gasteiger partial charge in [0.15, 0.2) is 5.78 Å². The van der Waals surface area contributed by atoms with Crippen LogP contribution in [-0.4, -0.2) is 41.4 Å². The van der Waals surface area contributed by atoms with Crippen molar-refractivity contribution in [3.05, 3.63) is 22.8 Å². The van der Waals surface area contributed by atoms with E-state index in [9.17, 15) is 10.0 Å². The number of nitrogens with zero attached hydrogens (tertiary/aromatic N) is 1. The molecule has 4 nitrogen and oxygen atoms in total. The highest BCUT2D eigenvalue weighted by molar-refractivity contribution is 5.91. The average Bonchev–Trinajstić information content (AvgIpc) is 3.10. The van der Waals surface area contributed by atoms with E-state index < -0.39 is 0 Å². The van der Waals surface area contributed by atoms with E-state index in [1.807, 2.05) is 6.08 Å². The Morgan fingerprint density at radius 1 is 1.19 bits per heavy atom. The van der Waals surface area contributed by atoms with Crippen molar-refractivity contribution in [3.8, 4) is 0 Å². The average molecular weight is 428 g/mol. The maximum absolute atomic E-state index is 12.1. The predicted molar refractivity (Wildman–Crippen MR) is 122 cm³/mol. The molecule has 0 bridgehead atoms. The van der Waals surface area contributed by atoms with E-state index in [4.69, 9.17) is 4.74 Å². The maximum atomic E-state index is 12.1. The minimum Gasteiger partial charge on any atom is -0.372 e. The van der Waals surface area contributed by atoms with Crippen LogP contribution in [0.15, 0.2) is 22.8 Å². The molecule has 1 N–H and O–H groups in total. The summed E-state index contributed by atoms with van der Waals surface area (Å²) in [5.74, 6) is 3.30. The van der Waals surface area contributed by atoms with E-state index in [0.717, 1.165) is 44.6 Å². The summed E-state index contributed by atoms with van der Waals surface area (Å²) < 4.78 is 6.54. The van der Waals surface area contributed by atoms with Gasteiger partial charge >= 0.3 is 0 Å². The number of carbonyl (C=O) groups is 1. The first-order chi connectivity index (χ1) is 14.8. The normalized spacial score (nSPS) is 46.5. The van der Waals surface area contributed by atoms with Gasteiger partial charge in [-0.15, -0.1) is 0 Å². The monoisotopic (exact) mass is 427 g/mol. The van der Waals surface area contributed by atoms with Crippen molar-refractivity contribution in [2.75, 3.05) is 13.2 Å². The van der Waals surface area contributed by atoms with Gasteiger partial charge in [-0.2, -0.15) is 5.06 Å². The van der Waals surface area contributed by atoms with Crippen LogP contribution in [0.3, 0.4) is 0 Å². The molecule has 0 aromatic heterocycles. The lowest BCUT2D eigenvalue weighted by Crippen LogP contribution is -2.53. The molecule has 2 heterocycles. The lowest BCUT2D eigenvalue weighted by atomic mass is 9.56. The number of fused-ring (bicyclic) bond motifs is 6. The molecule has 0 spiro atoms. The summed E-state index contributed by atoms with van der Waals surface area (Å²) in [7, 11) is 0. The Balaban J connectivity index is 1.45. The molecule has 0 aromatic rings. The van der Waals surface area contributed by atoms with Gasteiger partial charge in [0.25, 0.3) is 0 Å². The highest BCUT2D eigenvalue weighted by Gasteiger charge is 2.53. The van der Waals surface area contributed by atoms with Crippen LogP contribution in [0.25, 0.3) is 0 Å². The van der Waals surface area contributed by atoms with Crippen molar-refractivity contribution >= 4 is 5.78 Å². The zero-order chi connectivity index (χ0) is 21.9. The molecule has 31 heavy (non-hydrogen) atoms. The van der Waals surface area contributed by atoms with Gasteiger partial charge in [0.05, 0.1) is 18.8 Å². The van der Waals surface area contributed by atoms with Crippen LogP contribution in [-0.2, 0) is 9.53 Å². The van der Waals surface area contributed by atoms with E-state index in [1.165, 1.54) is 30.4 Å². The zero-order valence-corrected chi connectivity index (χ0v) is 19.9. The first kappa shape index (κ1) is 21.9. The summed E-state index contributed by atoms with van der Waals surface area (Å²) in [5.41, 5.74) is 4.75. The van der Waals surface area contributed by atoms with Crippen molar-refractivity contribution < 1.29 is 14.7 Å². The molecule has 1 saturated heterocycles. The first-order valence-corrected chi connectivity index (χ1v) is 12.8. The third kappa shape index (κ3) is 3.67. The van der Waals surface area contributed by atoms with E-state index >= 15 is 0 Å². The smallest absolute Gasteiger partial charge is 0.155 e. The largest absolute Gasteiger partial charge is 0.372 e. The fraction of sp³-hybridized carbons (Fsp3) is 0.815. The molecule has 8 atom stereocenters. The molecule has 3 fully saturated rings. The molecule has 3 aliphatic carbocycles. The number of ketones is 1. The SMILES string of the molecule is CC1=C2CC3C(CCC4=CC(=O)CCC43C)C2CCC(C)C2C(CC(C)CN2O)OC1. The molecule has 5 aliphatic rings. The molecule has 2 saturated carbocycles. The van der Waals surface area contributed by atoms with Crippen LogP contribution in [0.4, 0.5) is 0 Å². The van der Waals surface area contributed by atoms with Gasteiger partial charge in [-0.25, -0.2) is 0 Å². The molecular weight excluding hydrogens is 386 g/mol. The molecule has 0 radical (unpaired) electrons. The Bertz CT molecular complexity index is 800. The lowest BCUT2D eigenvalue weighted by molar-refractivity contribution is -0.209.